The van der Waals surface area contributed by atoms with Gasteiger partial charge in [0.2, 0.25) is 5.91 Å². The minimum atomic E-state index is -1.03. The summed E-state index contributed by atoms with van der Waals surface area (Å²) in [5.41, 5.74) is 4.17. The van der Waals surface area contributed by atoms with Crippen LogP contribution in [0.4, 0.5) is 0 Å². The third-order valence-electron chi connectivity index (χ3n) is 2.51. The second-order valence-corrected chi connectivity index (χ2v) is 5.70. The Bertz CT molecular complexity index is 279. The first-order valence-electron chi connectivity index (χ1n) is 5.26. The summed E-state index contributed by atoms with van der Waals surface area (Å²) in [5, 5.41) is 11.6. The van der Waals surface area contributed by atoms with Crippen LogP contribution in [0, 0.1) is 10.8 Å². The van der Waals surface area contributed by atoms with Crippen LogP contribution in [0.25, 0.3) is 0 Å². The summed E-state index contributed by atoms with van der Waals surface area (Å²) < 4.78 is 0. The van der Waals surface area contributed by atoms with Gasteiger partial charge in [0.05, 0.1) is 5.41 Å². The number of carboxylic acids is 1. The topological polar surface area (TPSA) is 92.4 Å². The van der Waals surface area contributed by atoms with Gasteiger partial charge in [-0.25, -0.2) is 4.79 Å². The van der Waals surface area contributed by atoms with Gasteiger partial charge in [-0.05, 0) is 19.3 Å². The monoisotopic (exact) mass is 230 g/mol. The van der Waals surface area contributed by atoms with E-state index >= 15 is 0 Å². The molecule has 1 amide bonds. The molecule has 0 unspecified atom stereocenters. The van der Waals surface area contributed by atoms with E-state index in [1.807, 2.05) is 0 Å². The fourth-order valence-corrected chi connectivity index (χ4v) is 1.07. The smallest absolute Gasteiger partial charge is 0.326 e. The fourth-order valence-electron chi connectivity index (χ4n) is 1.07. The van der Waals surface area contributed by atoms with E-state index in [9.17, 15) is 9.59 Å². The zero-order valence-electron chi connectivity index (χ0n) is 10.6. The summed E-state index contributed by atoms with van der Waals surface area (Å²) in [6.07, 6.45) is 0. The van der Waals surface area contributed by atoms with Crippen LogP contribution >= 0.6 is 0 Å². The molecule has 94 valence electrons. The minimum absolute atomic E-state index is 0.176. The van der Waals surface area contributed by atoms with E-state index in [1.165, 1.54) is 0 Å². The van der Waals surface area contributed by atoms with E-state index in [-0.39, 0.29) is 12.5 Å². The number of nitrogens with one attached hydrogen (secondary N) is 1. The van der Waals surface area contributed by atoms with Crippen molar-refractivity contribution in [2.75, 3.05) is 6.54 Å². The molecule has 0 heterocycles. The van der Waals surface area contributed by atoms with Crippen LogP contribution in [0.3, 0.4) is 0 Å². The van der Waals surface area contributed by atoms with Gasteiger partial charge in [0, 0.05) is 6.54 Å². The standard InChI is InChI=1S/C11H22N2O3/c1-10(2,3)7(8(14)15)13-9(16)11(4,5)6-12/h7H,6,12H2,1-5H3,(H,13,16)(H,14,15)/t7-/m0/s1. The Hall–Kier alpha value is -1.10. The second-order valence-electron chi connectivity index (χ2n) is 5.70. The van der Waals surface area contributed by atoms with Crippen LogP contribution in [0.1, 0.15) is 34.6 Å². The maximum Gasteiger partial charge on any atom is 0.326 e. The number of hydrogen-bond donors (Lipinski definition) is 3. The number of carboxylic acid groups (broad SMARTS) is 1. The quantitative estimate of drug-likeness (QED) is 0.659. The number of rotatable bonds is 4. The van der Waals surface area contributed by atoms with Crippen molar-refractivity contribution in [3.05, 3.63) is 0 Å². The van der Waals surface area contributed by atoms with Crippen LogP contribution in [0.5, 0.6) is 0 Å². The first-order chi connectivity index (χ1) is 7.02. The molecular weight excluding hydrogens is 208 g/mol. The molecule has 0 bridgehead atoms. The lowest BCUT2D eigenvalue weighted by atomic mass is 9.85. The van der Waals surface area contributed by atoms with Gasteiger partial charge in [-0.2, -0.15) is 0 Å². The molecule has 0 fully saturated rings. The number of aliphatic carboxylic acids is 1. The first-order valence-corrected chi connectivity index (χ1v) is 5.26. The Balaban J connectivity index is 4.81. The normalized spacial score (nSPS) is 14.4. The third-order valence-corrected chi connectivity index (χ3v) is 2.51. The number of carbonyl (C=O) groups excluding carboxylic acids is 1. The summed E-state index contributed by atoms with van der Waals surface area (Å²) in [6.45, 7) is 8.84. The summed E-state index contributed by atoms with van der Waals surface area (Å²) in [6, 6.07) is -0.911. The lowest BCUT2D eigenvalue weighted by Crippen LogP contribution is -2.53. The van der Waals surface area contributed by atoms with Crippen molar-refractivity contribution >= 4 is 11.9 Å². The van der Waals surface area contributed by atoms with Crippen molar-refractivity contribution in [2.45, 2.75) is 40.7 Å². The molecule has 4 N–H and O–H groups in total. The van der Waals surface area contributed by atoms with Gasteiger partial charge in [0.25, 0.3) is 0 Å². The molecule has 0 aliphatic rings. The van der Waals surface area contributed by atoms with Crippen molar-refractivity contribution in [1.29, 1.82) is 0 Å². The van der Waals surface area contributed by atoms with E-state index in [0.717, 1.165) is 0 Å². The van der Waals surface area contributed by atoms with Gasteiger partial charge >= 0.3 is 5.97 Å². The molecule has 16 heavy (non-hydrogen) atoms. The van der Waals surface area contributed by atoms with E-state index in [4.69, 9.17) is 10.8 Å². The van der Waals surface area contributed by atoms with E-state index in [0.29, 0.717) is 0 Å². The van der Waals surface area contributed by atoms with Crippen molar-refractivity contribution in [2.24, 2.45) is 16.6 Å². The average Bonchev–Trinajstić information content (AvgIpc) is 2.11. The molecule has 0 aliphatic carbocycles. The number of hydrogen-bond acceptors (Lipinski definition) is 3. The maximum absolute atomic E-state index is 11.8. The zero-order valence-corrected chi connectivity index (χ0v) is 10.6. The Morgan fingerprint density at radius 3 is 1.94 bits per heavy atom. The molecule has 0 spiro atoms. The van der Waals surface area contributed by atoms with Gasteiger partial charge in [0.1, 0.15) is 6.04 Å². The van der Waals surface area contributed by atoms with E-state index < -0.39 is 22.8 Å². The van der Waals surface area contributed by atoms with Crippen LogP contribution in [-0.2, 0) is 9.59 Å². The molecule has 0 radical (unpaired) electrons. The lowest BCUT2D eigenvalue weighted by molar-refractivity contribution is -0.146. The largest absolute Gasteiger partial charge is 0.480 e. The van der Waals surface area contributed by atoms with Gasteiger partial charge in [-0.3, -0.25) is 4.79 Å². The number of carbonyl (C=O) groups is 2. The predicted octanol–water partition coefficient (Wildman–Crippen LogP) is 0.587. The Labute approximate surface area is 96.4 Å². The van der Waals surface area contributed by atoms with Gasteiger partial charge in [-0.1, -0.05) is 20.8 Å². The summed E-state index contributed by atoms with van der Waals surface area (Å²) in [5.74, 6) is -1.37. The Kier molecular flexibility index (Phi) is 4.49. The highest BCUT2D eigenvalue weighted by molar-refractivity contribution is 5.87. The first kappa shape index (κ1) is 14.9. The fraction of sp³-hybridized carbons (Fsp3) is 0.818. The molecule has 5 nitrogen and oxygen atoms in total. The molecular formula is C11H22N2O3. The van der Waals surface area contributed by atoms with Crippen molar-refractivity contribution in [3.63, 3.8) is 0 Å². The van der Waals surface area contributed by atoms with Crippen molar-refractivity contribution in [3.8, 4) is 0 Å². The molecule has 0 aliphatic heterocycles. The highest BCUT2D eigenvalue weighted by atomic mass is 16.4. The zero-order chi connectivity index (χ0) is 13.1. The molecule has 0 aromatic heterocycles. The van der Waals surface area contributed by atoms with E-state index in [1.54, 1.807) is 34.6 Å². The highest BCUT2D eigenvalue weighted by Gasteiger charge is 2.36. The Morgan fingerprint density at radius 2 is 1.69 bits per heavy atom. The van der Waals surface area contributed by atoms with Crippen LogP contribution in [0.2, 0.25) is 0 Å². The minimum Gasteiger partial charge on any atom is -0.480 e. The van der Waals surface area contributed by atoms with Gasteiger partial charge in [0.15, 0.2) is 0 Å². The second kappa shape index (κ2) is 4.82. The number of nitrogens with two attached hydrogens (primary N) is 1. The predicted molar refractivity (Wildman–Crippen MR) is 61.9 cm³/mol. The average molecular weight is 230 g/mol. The van der Waals surface area contributed by atoms with Crippen LogP contribution in [-0.4, -0.2) is 29.6 Å². The van der Waals surface area contributed by atoms with Crippen LogP contribution in [0.15, 0.2) is 0 Å². The number of amides is 1. The molecule has 0 saturated carbocycles. The van der Waals surface area contributed by atoms with E-state index in [2.05, 4.69) is 5.32 Å². The lowest BCUT2D eigenvalue weighted by Gasteiger charge is -2.31. The van der Waals surface area contributed by atoms with Crippen molar-refractivity contribution in [1.82, 2.24) is 5.32 Å². The van der Waals surface area contributed by atoms with Gasteiger partial charge < -0.3 is 16.2 Å². The van der Waals surface area contributed by atoms with Crippen molar-refractivity contribution < 1.29 is 14.7 Å². The molecule has 5 heteroatoms. The Morgan fingerprint density at radius 1 is 1.25 bits per heavy atom. The summed E-state index contributed by atoms with van der Waals surface area (Å²) in [4.78, 5) is 22.9. The third kappa shape index (κ3) is 3.81. The van der Waals surface area contributed by atoms with Crippen LogP contribution < -0.4 is 11.1 Å². The molecule has 0 aromatic carbocycles. The SMILES string of the molecule is CC(C)(CN)C(=O)N[C@@H](C(=O)O)C(C)(C)C. The maximum atomic E-state index is 11.8. The summed E-state index contributed by atoms with van der Waals surface area (Å²) in [7, 11) is 0. The molecule has 0 saturated heterocycles. The summed E-state index contributed by atoms with van der Waals surface area (Å²) >= 11 is 0. The van der Waals surface area contributed by atoms with Gasteiger partial charge in [-0.15, -0.1) is 0 Å². The molecule has 1 atom stereocenters. The molecule has 0 aromatic rings. The molecule has 0 rings (SSSR count). The highest BCUT2D eigenvalue weighted by Crippen LogP contribution is 2.21.